The zero-order valence-electron chi connectivity index (χ0n) is 11.2. The highest BCUT2D eigenvalue weighted by Crippen LogP contribution is 2.42. The third-order valence-electron chi connectivity index (χ3n) is 4.62. The van der Waals surface area contributed by atoms with Gasteiger partial charge in [0.15, 0.2) is 0 Å². The zero-order chi connectivity index (χ0) is 14.3. The fourth-order valence-corrected chi connectivity index (χ4v) is 4.58. The fraction of sp³-hybridized carbons (Fsp3) is 0.769. The van der Waals surface area contributed by atoms with Crippen LogP contribution >= 0.6 is 11.8 Å². The minimum Gasteiger partial charge on any atom is -0.480 e. The lowest BCUT2D eigenvalue weighted by atomic mass is 9.94. The van der Waals surface area contributed by atoms with E-state index in [1.165, 1.54) is 21.6 Å². The molecule has 0 spiro atoms. The van der Waals surface area contributed by atoms with Crippen molar-refractivity contribution < 1.29 is 19.5 Å². The lowest BCUT2D eigenvalue weighted by molar-refractivity contribution is -0.150. The predicted molar refractivity (Wildman–Crippen MR) is 73.0 cm³/mol. The van der Waals surface area contributed by atoms with E-state index in [-0.39, 0.29) is 24.3 Å². The van der Waals surface area contributed by atoms with Gasteiger partial charge < -0.3 is 14.9 Å². The first-order valence-corrected chi connectivity index (χ1v) is 8.11. The maximum atomic E-state index is 12.4. The van der Waals surface area contributed by atoms with Crippen molar-refractivity contribution in [1.29, 1.82) is 0 Å². The van der Waals surface area contributed by atoms with Gasteiger partial charge in [0.1, 0.15) is 12.6 Å². The molecule has 3 fully saturated rings. The third kappa shape index (κ3) is 2.28. The van der Waals surface area contributed by atoms with Gasteiger partial charge in [-0.3, -0.25) is 9.59 Å². The number of carbonyl (C=O) groups is 3. The Morgan fingerprint density at radius 1 is 1.35 bits per heavy atom. The number of nitrogens with zero attached hydrogens (tertiary/aromatic N) is 2. The van der Waals surface area contributed by atoms with Crippen molar-refractivity contribution in [3.8, 4) is 0 Å². The molecular formula is C13H18N2O4S. The Morgan fingerprint density at radius 2 is 2.15 bits per heavy atom. The van der Waals surface area contributed by atoms with Crippen molar-refractivity contribution >= 4 is 29.5 Å². The van der Waals surface area contributed by atoms with Gasteiger partial charge in [-0.1, -0.05) is 6.42 Å². The molecule has 110 valence electrons. The van der Waals surface area contributed by atoms with Crippen molar-refractivity contribution in [3.63, 3.8) is 0 Å². The average molecular weight is 298 g/mol. The molecule has 0 bridgehead atoms. The van der Waals surface area contributed by atoms with Gasteiger partial charge in [0.2, 0.25) is 11.8 Å². The summed E-state index contributed by atoms with van der Waals surface area (Å²) in [6.07, 6.45) is 2.96. The zero-order valence-corrected chi connectivity index (χ0v) is 12.0. The molecule has 2 amide bonds. The van der Waals surface area contributed by atoms with Crippen LogP contribution in [0.4, 0.5) is 0 Å². The topological polar surface area (TPSA) is 77.9 Å². The Labute approximate surface area is 121 Å². The highest BCUT2D eigenvalue weighted by Gasteiger charge is 2.49. The first-order chi connectivity index (χ1) is 9.58. The van der Waals surface area contributed by atoms with E-state index in [9.17, 15) is 19.5 Å². The summed E-state index contributed by atoms with van der Waals surface area (Å²) in [5.41, 5.74) is 0. The number of fused-ring (bicyclic) bond motifs is 1. The molecule has 0 aromatic heterocycles. The van der Waals surface area contributed by atoms with Gasteiger partial charge in [0.25, 0.3) is 0 Å². The van der Waals surface area contributed by atoms with E-state index in [4.69, 9.17) is 0 Å². The van der Waals surface area contributed by atoms with Crippen LogP contribution in [0.2, 0.25) is 0 Å². The maximum absolute atomic E-state index is 12.4. The summed E-state index contributed by atoms with van der Waals surface area (Å²) >= 11 is 1.49. The van der Waals surface area contributed by atoms with Gasteiger partial charge in [-0.05, 0) is 24.7 Å². The smallest absolute Gasteiger partial charge is 0.326 e. The van der Waals surface area contributed by atoms with E-state index in [0.717, 1.165) is 19.3 Å². The largest absolute Gasteiger partial charge is 0.480 e. The fourth-order valence-electron chi connectivity index (χ4n) is 3.67. The van der Waals surface area contributed by atoms with Crippen molar-refractivity contribution in [2.75, 3.05) is 24.7 Å². The highest BCUT2D eigenvalue weighted by molar-refractivity contribution is 8.00. The van der Waals surface area contributed by atoms with Crippen LogP contribution in [0, 0.1) is 11.8 Å². The van der Waals surface area contributed by atoms with E-state index >= 15 is 0 Å². The Balaban J connectivity index is 1.70. The lowest BCUT2D eigenvalue weighted by Crippen LogP contribution is -2.47. The van der Waals surface area contributed by atoms with E-state index in [2.05, 4.69) is 0 Å². The molecule has 1 aliphatic carbocycles. The molecule has 20 heavy (non-hydrogen) atoms. The van der Waals surface area contributed by atoms with Crippen LogP contribution in [0.5, 0.6) is 0 Å². The van der Waals surface area contributed by atoms with Crippen LogP contribution < -0.4 is 0 Å². The number of hydrogen-bond acceptors (Lipinski definition) is 4. The van der Waals surface area contributed by atoms with Gasteiger partial charge in [-0.15, -0.1) is 11.8 Å². The molecule has 3 atom stereocenters. The van der Waals surface area contributed by atoms with Crippen LogP contribution in [0.15, 0.2) is 0 Å². The quantitative estimate of drug-likeness (QED) is 0.807. The molecule has 6 nitrogen and oxygen atoms in total. The van der Waals surface area contributed by atoms with Gasteiger partial charge in [0, 0.05) is 6.54 Å². The SMILES string of the molecule is O=C(O)C1C2CCCC2CN1C(=O)CN1CSCC1=O. The number of thioether (sulfide) groups is 1. The number of carboxylic acid groups (broad SMARTS) is 1. The van der Waals surface area contributed by atoms with Crippen LogP contribution in [0.25, 0.3) is 0 Å². The van der Waals surface area contributed by atoms with Crippen molar-refractivity contribution in [1.82, 2.24) is 9.80 Å². The maximum Gasteiger partial charge on any atom is 0.326 e. The number of rotatable bonds is 3. The second kappa shape index (κ2) is 5.27. The molecule has 1 saturated carbocycles. The molecule has 3 unspecified atom stereocenters. The monoisotopic (exact) mass is 298 g/mol. The van der Waals surface area contributed by atoms with Crippen LogP contribution in [0.1, 0.15) is 19.3 Å². The summed E-state index contributed by atoms with van der Waals surface area (Å²) < 4.78 is 0. The summed E-state index contributed by atoms with van der Waals surface area (Å²) in [6, 6.07) is -0.694. The summed E-state index contributed by atoms with van der Waals surface area (Å²) in [6.45, 7) is 0.560. The van der Waals surface area contributed by atoms with Crippen LogP contribution in [-0.2, 0) is 14.4 Å². The summed E-state index contributed by atoms with van der Waals surface area (Å²) in [4.78, 5) is 38.4. The van der Waals surface area contributed by atoms with Gasteiger partial charge in [-0.2, -0.15) is 0 Å². The number of carboxylic acids is 1. The first-order valence-electron chi connectivity index (χ1n) is 6.95. The number of likely N-dealkylation sites (tertiary alicyclic amines) is 1. The number of amides is 2. The summed E-state index contributed by atoms with van der Waals surface area (Å²) in [5, 5.41) is 9.41. The summed E-state index contributed by atoms with van der Waals surface area (Å²) in [5.74, 6) is 0.208. The van der Waals surface area contributed by atoms with Crippen LogP contribution in [-0.4, -0.2) is 63.5 Å². The molecule has 7 heteroatoms. The lowest BCUT2D eigenvalue weighted by Gasteiger charge is -2.26. The van der Waals surface area contributed by atoms with Crippen LogP contribution in [0.3, 0.4) is 0 Å². The first kappa shape index (κ1) is 13.7. The number of aliphatic carboxylic acids is 1. The summed E-state index contributed by atoms with van der Waals surface area (Å²) in [7, 11) is 0. The Morgan fingerprint density at radius 3 is 2.80 bits per heavy atom. The number of hydrogen-bond donors (Lipinski definition) is 1. The van der Waals surface area contributed by atoms with E-state index < -0.39 is 12.0 Å². The Hall–Kier alpha value is -1.24. The molecule has 1 N–H and O–H groups in total. The second-order valence-corrected chi connectivity index (χ2v) is 6.71. The van der Waals surface area contributed by atoms with Crippen molar-refractivity contribution in [2.24, 2.45) is 11.8 Å². The van der Waals surface area contributed by atoms with Gasteiger partial charge in [0.05, 0.1) is 11.6 Å². The van der Waals surface area contributed by atoms with E-state index in [1.54, 1.807) is 0 Å². The van der Waals surface area contributed by atoms with Crippen molar-refractivity contribution in [3.05, 3.63) is 0 Å². The Kier molecular flexibility index (Phi) is 3.62. The predicted octanol–water partition coefficient (Wildman–Crippen LogP) is 0.231. The molecule has 2 saturated heterocycles. The van der Waals surface area contributed by atoms with E-state index in [0.29, 0.717) is 24.1 Å². The molecule has 0 aromatic rings. The number of carbonyl (C=O) groups excluding carboxylic acids is 2. The minimum atomic E-state index is -0.908. The molecule has 0 aromatic carbocycles. The second-order valence-electron chi connectivity index (χ2n) is 5.75. The van der Waals surface area contributed by atoms with Crippen molar-refractivity contribution in [2.45, 2.75) is 25.3 Å². The van der Waals surface area contributed by atoms with Gasteiger partial charge >= 0.3 is 5.97 Å². The molecule has 0 radical (unpaired) electrons. The Bertz CT molecular complexity index is 456. The molecule has 3 aliphatic rings. The standard InChI is InChI=1S/C13H18N2O4S/c16-10(5-14-7-20-6-11(14)17)15-4-8-2-1-3-9(8)12(15)13(18)19/h8-9,12H,1-7H2,(H,18,19). The minimum absolute atomic E-state index is 0.0229. The van der Waals surface area contributed by atoms with Gasteiger partial charge in [-0.25, -0.2) is 4.79 Å². The average Bonchev–Trinajstić information content (AvgIpc) is 3.04. The molecule has 2 heterocycles. The molecular weight excluding hydrogens is 280 g/mol. The highest BCUT2D eigenvalue weighted by atomic mass is 32.2. The third-order valence-corrected chi connectivity index (χ3v) is 5.56. The molecule has 3 rings (SSSR count). The van der Waals surface area contributed by atoms with E-state index in [1.807, 2.05) is 0 Å². The normalized spacial score (nSPS) is 32.8. The molecule has 2 aliphatic heterocycles.